The molecule has 0 radical (unpaired) electrons. The number of likely N-dealkylation sites (tertiary alicyclic amines) is 1. The molecular formula is C21H27FN2O3. The Labute approximate surface area is 159 Å². The molecule has 0 saturated carbocycles. The molecule has 5 nitrogen and oxygen atoms in total. The van der Waals surface area contributed by atoms with Gasteiger partial charge in [-0.2, -0.15) is 0 Å². The molecule has 0 unspecified atom stereocenters. The molecule has 3 fully saturated rings. The molecule has 3 aliphatic rings. The van der Waals surface area contributed by atoms with Crippen molar-refractivity contribution in [2.45, 2.75) is 51.2 Å². The topological polar surface area (TPSA) is 58.6 Å². The number of halogens is 1. The zero-order valence-corrected chi connectivity index (χ0v) is 16.0. The Kier molecular flexibility index (Phi) is 4.70. The Morgan fingerprint density at radius 3 is 3.00 bits per heavy atom. The van der Waals surface area contributed by atoms with Gasteiger partial charge in [0.15, 0.2) is 0 Å². The van der Waals surface area contributed by atoms with E-state index in [1.54, 1.807) is 19.1 Å². The maximum absolute atomic E-state index is 13.9. The summed E-state index contributed by atoms with van der Waals surface area (Å²) in [7, 11) is 0. The largest absolute Gasteiger partial charge is 0.369 e. The van der Waals surface area contributed by atoms with Gasteiger partial charge in [0.25, 0.3) is 5.91 Å². The van der Waals surface area contributed by atoms with Gasteiger partial charge in [-0.3, -0.25) is 9.59 Å². The van der Waals surface area contributed by atoms with Crippen molar-refractivity contribution in [3.8, 4) is 0 Å². The van der Waals surface area contributed by atoms with Crippen LogP contribution in [0.4, 0.5) is 4.39 Å². The van der Waals surface area contributed by atoms with Crippen molar-refractivity contribution < 1.29 is 18.7 Å². The Balaban J connectivity index is 1.49. The molecule has 1 aromatic rings. The van der Waals surface area contributed by atoms with Gasteiger partial charge in [0.05, 0.1) is 18.2 Å². The Morgan fingerprint density at radius 2 is 2.22 bits per heavy atom. The van der Waals surface area contributed by atoms with Gasteiger partial charge < -0.3 is 15.0 Å². The lowest BCUT2D eigenvalue weighted by Gasteiger charge is -2.29. The molecule has 1 N–H and O–H groups in total. The van der Waals surface area contributed by atoms with Crippen LogP contribution in [0.3, 0.4) is 0 Å². The molecule has 0 aromatic heterocycles. The highest BCUT2D eigenvalue weighted by atomic mass is 19.1. The van der Waals surface area contributed by atoms with E-state index in [4.69, 9.17) is 4.74 Å². The molecule has 3 heterocycles. The minimum atomic E-state index is -0.355. The van der Waals surface area contributed by atoms with Gasteiger partial charge in [0.2, 0.25) is 5.91 Å². The number of carbonyl (C=O) groups is 2. The van der Waals surface area contributed by atoms with Gasteiger partial charge in [-0.25, -0.2) is 4.39 Å². The van der Waals surface area contributed by atoms with Crippen LogP contribution in [-0.2, 0) is 9.53 Å². The molecule has 2 amide bonds. The van der Waals surface area contributed by atoms with Gasteiger partial charge in [0, 0.05) is 36.9 Å². The number of ether oxygens (including phenoxy) is 1. The quantitative estimate of drug-likeness (QED) is 0.862. The van der Waals surface area contributed by atoms with Crippen molar-refractivity contribution in [3.63, 3.8) is 0 Å². The normalized spacial score (nSPS) is 31.2. The molecule has 1 spiro atoms. The maximum atomic E-state index is 13.9. The first-order valence-electron chi connectivity index (χ1n) is 9.94. The lowest BCUT2D eigenvalue weighted by molar-refractivity contribution is -0.121. The second-order valence-electron chi connectivity index (χ2n) is 8.18. The van der Waals surface area contributed by atoms with E-state index in [0.717, 1.165) is 19.3 Å². The van der Waals surface area contributed by atoms with Crippen molar-refractivity contribution in [2.75, 3.05) is 19.6 Å². The third kappa shape index (κ3) is 3.04. The van der Waals surface area contributed by atoms with Crippen molar-refractivity contribution >= 4 is 11.8 Å². The Morgan fingerprint density at radius 1 is 1.41 bits per heavy atom. The second-order valence-corrected chi connectivity index (χ2v) is 8.18. The van der Waals surface area contributed by atoms with E-state index in [1.165, 1.54) is 6.07 Å². The van der Waals surface area contributed by atoms with Crippen molar-refractivity contribution in [1.82, 2.24) is 10.2 Å². The Bertz CT molecular complexity index is 768. The number of carbonyl (C=O) groups excluding carboxylic acids is 2. The average Bonchev–Trinajstić information content (AvgIpc) is 3.30. The molecule has 27 heavy (non-hydrogen) atoms. The molecule has 4 rings (SSSR count). The summed E-state index contributed by atoms with van der Waals surface area (Å²) in [6.07, 6.45) is 3.47. The number of hydrogen-bond donors (Lipinski definition) is 1. The summed E-state index contributed by atoms with van der Waals surface area (Å²) in [5.74, 6) is 0.0706. The second kappa shape index (κ2) is 6.89. The van der Waals surface area contributed by atoms with Crippen LogP contribution >= 0.6 is 0 Å². The summed E-state index contributed by atoms with van der Waals surface area (Å²) in [6.45, 7) is 5.41. The van der Waals surface area contributed by atoms with E-state index in [1.807, 2.05) is 11.8 Å². The number of rotatable bonds is 5. The van der Waals surface area contributed by atoms with Crippen LogP contribution in [0.15, 0.2) is 18.2 Å². The summed E-state index contributed by atoms with van der Waals surface area (Å²) in [6, 6.07) is 4.65. The molecule has 6 heteroatoms. The number of amides is 2. The molecule has 3 saturated heterocycles. The van der Waals surface area contributed by atoms with Gasteiger partial charge in [-0.05, 0) is 43.9 Å². The van der Waals surface area contributed by atoms with Crippen LogP contribution < -0.4 is 5.32 Å². The number of fused-ring (bicyclic) bond motifs is 1. The number of hydrogen-bond acceptors (Lipinski definition) is 3. The van der Waals surface area contributed by atoms with E-state index in [-0.39, 0.29) is 41.2 Å². The maximum Gasteiger partial charge on any atom is 0.254 e. The average molecular weight is 374 g/mol. The van der Waals surface area contributed by atoms with E-state index < -0.39 is 0 Å². The highest BCUT2D eigenvalue weighted by molar-refractivity contribution is 5.96. The number of benzene rings is 1. The third-order valence-electron chi connectivity index (χ3n) is 6.58. The minimum Gasteiger partial charge on any atom is -0.369 e. The summed E-state index contributed by atoms with van der Waals surface area (Å²) in [5, 5.41) is 3.04. The zero-order valence-electron chi connectivity index (χ0n) is 16.0. The Hall–Kier alpha value is -1.95. The van der Waals surface area contributed by atoms with Gasteiger partial charge in [0.1, 0.15) is 5.82 Å². The van der Waals surface area contributed by atoms with Gasteiger partial charge >= 0.3 is 0 Å². The lowest BCUT2D eigenvalue weighted by Crippen LogP contribution is -2.41. The fraction of sp³-hybridized carbons (Fsp3) is 0.619. The highest BCUT2D eigenvalue weighted by Crippen LogP contribution is 2.54. The zero-order chi connectivity index (χ0) is 19.2. The molecule has 4 atom stereocenters. The third-order valence-corrected chi connectivity index (χ3v) is 6.58. The van der Waals surface area contributed by atoms with Crippen LogP contribution in [0.25, 0.3) is 0 Å². The van der Waals surface area contributed by atoms with Crippen LogP contribution in [0, 0.1) is 24.6 Å². The predicted molar refractivity (Wildman–Crippen MR) is 98.8 cm³/mol. The number of nitrogens with zero attached hydrogens (tertiary/aromatic N) is 1. The molecule has 2 bridgehead atoms. The lowest BCUT2D eigenvalue weighted by atomic mass is 9.73. The first kappa shape index (κ1) is 18.4. The summed E-state index contributed by atoms with van der Waals surface area (Å²) in [4.78, 5) is 26.7. The van der Waals surface area contributed by atoms with Crippen molar-refractivity contribution in [2.24, 2.45) is 11.8 Å². The van der Waals surface area contributed by atoms with Gasteiger partial charge in [-0.15, -0.1) is 0 Å². The van der Waals surface area contributed by atoms with Crippen LogP contribution in [0.1, 0.15) is 48.5 Å². The smallest absolute Gasteiger partial charge is 0.254 e. The fourth-order valence-corrected chi connectivity index (χ4v) is 5.17. The van der Waals surface area contributed by atoms with E-state index >= 15 is 0 Å². The van der Waals surface area contributed by atoms with E-state index in [0.29, 0.717) is 37.2 Å². The predicted octanol–water partition coefficient (Wildman–Crippen LogP) is 2.67. The molecule has 146 valence electrons. The highest BCUT2D eigenvalue weighted by Gasteiger charge is 2.63. The molecular weight excluding hydrogens is 347 g/mol. The van der Waals surface area contributed by atoms with E-state index in [2.05, 4.69) is 5.32 Å². The summed E-state index contributed by atoms with van der Waals surface area (Å²) < 4.78 is 20.2. The number of nitrogens with one attached hydrogen (secondary N) is 1. The van der Waals surface area contributed by atoms with Gasteiger partial charge in [-0.1, -0.05) is 13.0 Å². The van der Waals surface area contributed by atoms with Crippen molar-refractivity contribution in [3.05, 3.63) is 35.1 Å². The minimum absolute atomic E-state index is 0.0793. The van der Waals surface area contributed by atoms with Crippen LogP contribution in [-0.4, -0.2) is 48.1 Å². The van der Waals surface area contributed by atoms with Crippen molar-refractivity contribution in [1.29, 1.82) is 0 Å². The summed E-state index contributed by atoms with van der Waals surface area (Å²) in [5.41, 5.74) is 0.529. The first-order chi connectivity index (χ1) is 12.9. The molecule has 0 aliphatic carbocycles. The van der Waals surface area contributed by atoms with Crippen LogP contribution in [0.5, 0.6) is 0 Å². The van der Waals surface area contributed by atoms with Crippen LogP contribution in [0.2, 0.25) is 0 Å². The SMILES string of the molecule is CCCC(=O)NC[C@H]1[C@H]2CN(C(=O)c3cccc(F)c3C)C[C@]23CC[C@H]1O3. The summed E-state index contributed by atoms with van der Waals surface area (Å²) >= 11 is 0. The standard InChI is InChI=1S/C21H27FN2O3/c1-3-5-19(25)23-10-15-16-11-24(12-21(16)9-8-18(15)27-21)20(26)14-6-4-7-17(22)13(14)2/h4,6-7,15-16,18H,3,5,8-12H2,1-2H3,(H,23,25)/t15-,16+,18+,21+/m0/s1. The fourth-order valence-electron chi connectivity index (χ4n) is 5.17. The molecule has 3 aliphatic heterocycles. The monoisotopic (exact) mass is 374 g/mol. The molecule has 1 aromatic carbocycles. The first-order valence-corrected chi connectivity index (χ1v) is 9.94. The van der Waals surface area contributed by atoms with E-state index in [9.17, 15) is 14.0 Å².